The van der Waals surface area contributed by atoms with E-state index in [2.05, 4.69) is 24.1 Å². The highest BCUT2D eigenvalue weighted by atomic mass is 16.5. The first kappa shape index (κ1) is 15.8. The molecule has 1 aromatic carbocycles. The van der Waals surface area contributed by atoms with Crippen molar-refractivity contribution in [2.75, 3.05) is 5.32 Å². The Bertz CT molecular complexity index is 630. The van der Waals surface area contributed by atoms with Crippen LogP contribution in [0.1, 0.15) is 42.7 Å². The van der Waals surface area contributed by atoms with Gasteiger partial charge in [0.1, 0.15) is 5.69 Å². The van der Waals surface area contributed by atoms with Crippen molar-refractivity contribution in [3.05, 3.63) is 53.9 Å². The van der Waals surface area contributed by atoms with Gasteiger partial charge >= 0.3 is 5.97 Å². The Balaban J connectivity index is 1.92. The molecule has 0 radical (unpaired) electrons. The van der Waals surface area contributed by atoms with E-state index >= 15 is 0 Å². The number of hydrogen-bond acceptors (Lipinski definition) is 3. The summed E-state index contributed by atoms with van der Waals surface area (Å²) in [5.41, 5.74) is 2.20. The lowest BCUT2D eigenvalue weighted by Crippen LogP contribution is -2.30. The predicted octanol–water partition coefficient (Wildman–Crippen LogP) is 3.32. The third-order valence-corrected chi connectivity index (χ3v) is 3.32. The van der Waals surface area contributed by atoms with Gasteiger partial charge in [-0.15, -0.1) is 0 Å². The van der Waals surface area contributed by atoms with E-state index in [0.29, 0.717) is 17.3 Å². The first-order valence-electron chi connectivity index (χ1n) is 7.22. The Hall–Kier alpha value is -2.56. The van der Waals surface area contributed by atoms with Crippen LogP contribution >= 0.6 is 0 Å². The number of ether oxygens (including phenoxy) is 1. The zero-order valence-electron chi connectivity index (χ0n) is 12.9. The third kappa shape index (κ3) is 3.97. The van der Waals surface area contributed by atoms with Gasteiger partial charge in [-0.05, 0) is 42.7 Å². The van der Waals surface area contributed by atoms with Crippen LogP contribution in [0.25, 0.3) is 0 Å². The number of anilines is 1. The molecule has 5 nitrogen and oxygen atoms in total. The first-order chi connectivity index (χ1) is 10.5. The number of aromatic amines is 1. The van der Waals surface area contributed by atoms with Crippen LogP contribution in [0.15, 0.2) is 42.6 Å². The van der Waals surface area contributed by atoms with E-state index in [4.69, 9.17) is 4.74 Å². The Morgan fingerprint density at radius 2 is 1.77 bits per heavy atom. The smallest absolute Gasteiger partial charge is 0.355 e. The molecule has 1 atom stereocenters. The normalized spacial score (nSPS) is 12.0. The molecule has 0 bridgehead atoms. The Labute approximate surface area is 129 Å². The summed E-state index contributed by atoms with van der Waals surface area (Å²) in [6.45, 7) is 5.75. The van der Waals surface area contributed by atoms with Crippen molar-refractivity contribution >= 4 is 17.6 Å². The molecule has 0 unspecified atom stereocenters. The number of carbonyl (C=O) groups excluding carboxylic acids is 2. The fourth-order valence-electron chi connectivity index (χ4n) is 1.93. The molecule has 2 N–H and O–H groups in total. The minimum atomic E-state index is -0.874. The molecule has 2 aromatic rings. The minimum Gasteiger partial charge on any atom is -0.448 e. The largest absolute Gasteiger partial charge is 0.448 e. The van der Waals surface area contributed by atoms with Crippen molar-refractivity contribution in [1.29, 1.82) is 0 Å². The predicted molar refractivity (Wildman–Crippen MR) is 84.8 cm³/mol. The van der Waals surface area contributed by atoms with Gasteiger partial charge in [0.05, 0.1) is 0 Å². The van der Waals surface area contributed by atoms with Crippen LogP contribution in [0.2, 0.25) is 0 Å². The van der Waals surface area contributed by atoms with Gasteiger partial charge in [0.15, 0.2) is 6.10 Å². The molecule has 22 heavy (non-hydrogen) atoms. The SMILES string of the molecule is CC(C)c1ccc(NC(=O)[C@@H](C)OC(=O)c2ccc[nH]2)cc1. The number of aromatic nitrogens is 1. The van der Waals surface area contributed by atoms with Crippen LogP contribution in [0.3, 0.4) is 0 Å². The van der Waals surface area contributed by atoms with E-state index in [1.807, 2.05) is 24.3 Å². The highest BCUT2D eigenvalue weighted by molar-refractivity contribution is 5.96. The molecule has 1 aromatic heterocycles. The fourth-order valence-corrected chi connectivity index (χ4v) is 1.93. The van der Waals surface area contributed by atoms with Gasteiger partial charge in [0.2, 0.25) is 0 Å². The quantitative estimate of drug-likeness (QED) is 0.832. The molecule has 0 aliphatic heterocycles. The van der Waals surface area contributed by atoms with Gasteiger partial charge in [0.25, 0.3) is 5.91 Å². The van der Waals surface area contributed by atoms with Crippen LogP contribution in [0.4, 0.5) is 5.69 Å². The van der Waals surface area contributed by atoms with Crippen molar-refractivity contribution in [2.45, 2.75) is 32.8 Å². The second-order valence-electron chi connectivity index (χ2n) is 5.40. The lowest BCUT2D eigenvalue weighted by Gasteiger charge is -2.13. The summed E-state index contributed by atoms with van der Waals surface area (Å²) in [5.74, 6) is -0.481. The number of H-pyrrole nitrogens is 1. The number of carbonyl (C=O) groups is 2. The minimum absolute atomic E-state index is 0.320. The Kier molecular flexibility index (Phi) is 4.99. The van der Waals surface area contributed by atoms with Crippen molar-refractivity contribution in [3.63, 3.8) is 0 Å². The number of esters is 1. The maximum Gasteiger partial charge on any atom is 0.355 e. The molecule has 1 amide bonds. The van der Waals surface area contributed by atoms with Crippen LogP contribution in [-0.2, 0) is 9.53 Å². The molecule has 0 saturated heterocycles. The van der Waals surface area contributed by atoms with Crippen LogP contribution in [-0.4, -0.2) is 23.0 Å². The fraction of sp³-hybridized carbons (Fsp3) is 0.294. The summed E-state index contributed by atoms with van der Waals surface area (Å²) in [6.07, 6.45) is 0.748. The standard InChI is InChI=1S/C17H20N2O3/c1-11(2)13-6-8-14(9-7-13)19-16(20)12(3)22-17(21)15-5-4-10-18-15/h4-12,18H,1-3H3,(H,19,20)/t12-/m1/s1. The second kappa shape index (κ2) is 6.93. The zero-order valence-corrected chi connectivity index (χ0v) is 12.9. The van der Waals surface area contributed by atoms with Crippen molar-refractivity contribution in [3.8, 4) is 0 Å². The van der Waals surface area contributed by atoms with E-state index in [0.717, 1.165) is 0 Å². The molecule has 0 aliphatic carbocycles. The highest BCUT2D eigenvalue weighted by Crippen LogP contribution is 2.17. The number of benzene rings is 1. The van der Waals surface area contributed by atoms with Gasteiger partial charge in [-0.2, -0.15) is 0 Å². The molecule has 0 aliphatic rings. The maximum atomic E-state index is 12.0. The molecule has 2 rings (SSSR count). The molecule has 116 valence electrons. The molecule has 0 saturated carbocycles. The lowest BCUT2D eigenvalue weighted by atomic mass is 10.0. The summed E-state index contributed by atoms with van der Waals surface area (Å²) in [5, 5.41) is 2.73. The molecule has 0 fully saturated rings. The summed E-state index contributed by atoms with van der Waals surface area (Å²) >= 11 is 0. The Morgan fingerprint density at radius 3 is 2.32 bits per heavy atom. The summed E-state index contributed by atoms with van der Waals surface area (Å²) in [6, 6.07) is 10.9. The highest BCUT2D eigenvalue weighted by Gasteiger charge is 2.19. The molecule has 5 heteroatoms. The monoisotopic (exact) mass is 300 g/mol. The van der Waals surface area contributed by atoms with Gasteiger partial charge in [-0.1, -0.05) is 26.0 Å². The van der Waals surface area contributed by atoms with Gasteiger partial charge in [0, 0.05) is 11.9 Å². The summed E-state index contributed by atoms with van der Waals surface area (Å²) < 4.78 is 5.11. The third-order valence-electron chi connectivity index (χ3n) is 3.32. The van der Waals surface area contributed by atoms with Crippen molar-refractivity contribution in [1.82, 2.24) is 4.98 Å². The molecular formula is C17H20N2O3. The van der Waals surface area contributed by atoms with Crippen molar-refractivity contribution < 1.29 is 14.3 Å². The van der Waals surface area contributed by atoms with E-state index in [9.17, 15) is 9.59 Å². The zero-order chi connectivity index (χ0) is 16.1. The number of nitrogens with one attached hydrogen (secondary N) is 2. The average Bonchev–Trinajstić information content (AvgIpc) is 3.02. The Morgan fingerprint density at radius 1 is 1.09 bits per heavy atom. The second-order valence-corrected chi connectivity index (χ2v) is 5.40. The van der Waals surface area contributed by atoms with Gasteiger partial charge < -0.3 is 15.0 Å². The van der Waals surface area contributed by atoms with Crippen LogP contribution in [0.5, 0.6) is 0 Å². The number of amides is 1. The first-order valence-corrected chi connectivity index (χ1v) is 7.22. The number of rotatable bonds is 5. The van der Waals surface area contributed by atoms with Crippen molar-refractivity contribution in [2.24, 2.45) is 0 Å². The topological polar surface area (TPSA) is 71.2 Å². The van der Waals surface area contributed by atoms with Gasteiger partial charge in [-0.3, -0.25) is 4.79 Å². The van der Waals surface area contributed by atoms with E-state index in [1.54, 1.807) is 25.3 Å². The molecule has 0 spiro atoms. The van der Waals surface area contributed by atoms with Crippen LogP contribution in [0, 0.1) is 0 Å². The molecule has 1 heterocycles. The van der Waals surface area contributed by atoms with E-state index in [1.165, 1.54) is 5.56 Å². The lowest BCUT2D eigenvalue weighted by molar-refractivity contribution is -0.123. The van der Waals surface area contributed by atoms with E-state index < -0.39 is 12.1 Å². The maximum absolute atomic E-state index is 12.0. The average molecular weight is 300 g/mol. The molecular weight excluding hydrogens is 280 g/mol. The van der Waals surface area contributed by atoms with E-state index in [-0.39, 0.29) is 5.91 Å². The van der Waals surface area contributed by atoms with Gasteiger partial charge in [-0.25, -0.2) is 4.79 Å². The summed E-state index contributed by atoms with van der Waals surface area (Å²) in [4.78, 5) is 26.5. The van der Waals surface area contributed by atoms with Crippen LogP contribution < -0.4 is 5.32 Å². The summed E-state index contributed by atoms with van der Waals surface area (Å²) in [7, 11) is 0. The number of hydrogen-bond donors (Lipinski definition) is 2.